The van der Waals surface area contributed by atoms with Crippen molar-refractivity contribution in [2.24, 2.45) is 0 Å². The number of anilines is 3. The first-order valence-corrected chi connectivity index (χ1v) is 11.8. The van der Waals surface area contributed by atoms with Crippen LogP contribution in [0.15, 0.2) is 42.5 Å². The van der Waals surface area contributed by atoms with E-state index in [1.54, 1.807) is 18.2 Å². The lowest BCUT2D eigenvalue weighted by molar-refractivity contribution is 0.102. The Morgan fingerprint density at radius 3 is 2.41 bits per heavy atom. The van der Waals surface area contributed by atoms with Gasteiger partial charge in [-0.25, -0.2) is 8.42 Å². The van der Waals surface area contributed by atoms with Gasteiger partial charge in [0.1, 0.15) is 0 Å². The number of nitrogens with one attached hydrogen (secondary N) is 1. The van der Waals surface area contributed by atoms with Crippen LogP contribution in [0.5, 0.6) is 0 Å². The topological polar surface area (TPSA) is 69.7 Å². The molecule has 1 heterocycles. The second kappa shape index (κ2) is 8.06. The standard InChI is InChI=1S/C22H29N3O3S/c1-6-24(15(2)3)20-10-8-19(9-11-20)23-22(26)17-7-12-21-18(14-17)13-16(4)25(21)29(5,27)28/h7-12,14-16H,6,13H2,1-5H3,(H,23,26). The summed E-state index contributed by atoms with van der Waals surface area (Å²) in [6.45, 7) is 9.22. The largest absolute Gasteiger partial charge is 0.369 e. The molecule has 1 aliphatic rings. The normalized spacial score (nSPS) is 16.1. The Morgan fingerprint density at radius 1 is 1.21 bits per heavy atom. The molecule has 1 aliphatic heterocycles. The van der Waals surface area contributed by atoms with Gasteiger partial charge >= 0.3 is 0 Å². The Morgan fingerprint density at radius 2 is 1.86 bits per heavy atom. The minimum absolute atomic E-state index is 0.145. The summed E-state index contributed by atoms with van der Waals surface area (Å²) in [5, 5.41) is 2.93. The molecular weight excluding hydrogens is 386 g/mol. The number of amides is 1. The first-order chi connectivity index (χ1) is 13.6. The van der Waals surface area contributed by atoms with Crippen molar-refractivity contribution in [3.63, 3.8) is 0 Å². The van der Waals surface area contributed by atoms with Crippen molar-refractivity contribution >= 4 is 33.0 Å². The number of hydrogen-bond donors (Lipinski definition) is 1. The van der Waals surface area contributed by atoms with Crippen LogP contribution in [0.4, 0.5) is 17.1 Å². The molecule has 1 amide bonds. The SMILES string of the molecule is CCN(c1ccc(NC(=O)c2ccc3c(c2)CC(C)N3S(C)(=O)=O)cc1)C(C)C. The highest BCUT2D eigenvalue weighted by Gasteiger charge is 2.32. The third-order valence-corrected chi connectivity index (χ3v) is 6.54. The number of carbonyl (C=O) groups is 1. The predicted molar refractivity (Wildman–Crippen MR) is 119 cm³/mol. The molecule has 0 fully saturated rings. The van der Waals surface area contributed by atoms with Crippen LogP contribution in [0.25, 0.3) is 0 Å². The number of fused-ring (bicyclic) bond motifs is 1. The number of nitrogens with zero attached hydrogens (tertiary/aromatic N) is 2. The number of rotatable bonds is 6. The van der Waals surface area contributed by atoms with Gasteiger partial charge in [0.2, 0.25) is 10.0 Å². The number of sulfonamides is 1. The molecular formula is C22H29N3O3S. The van der Waals surface area contributed by atoms with Crippen LogP contribution in [0.2, 0.25) is 0 Å². The van der Waals surface area contributed by atoms with Crippen LogP contribution in [-0.4, -0.2) is 39.2 Å². The minimum atomic E-state index is -3.34. The Balaban J connectivity index is 1.76. The van der Waals surface area contributed by atoms with Gasteiger partial charge in [-0.3, -0.25) is 9.10 Å². The quantitative estimate of drug-likeness (QED) is 0.777. The van der Waals surface area contributed by atoms with Crippen molar-refractivity contribution in [3.05, 3.63) is 53.6 Å². The molecule has 0 radical (unpaired) electrons. The maximum atomic E-state index is 12.7. The van der Waals surface area contributed by atoms with E-state index in [9.17, 15) is 13.2 Å². The summed E-state index contributed by atoms with van der Waals surface area (Å²) in [5.41, 5.74) is 3.90. The lowest BCUT2D eigenvalue weighted by atomic mass is 10.1. The molecule has 0 spiro atoms. The van der Waals surface area contributed by atoms with E-state index in [-0.39, 0.29) is 11.9 Å². The molecule has 1 atom stereocenters. The fourth-order valence-electron chi connectivity index (χ4n) is 4.03. The molecule has 0 aliphatic carbocycles. The first-order valence-electron chi connectivity index (χ1n) is 9.92. The lowest BCUT2D eigenvalue weighted by Crippen LogP contribution is -2.34. The van der Waals surface area contributed by atoms with Gasteiger partial charge in [-0.05, 0) is 82.1 Å². The molecule has 2 aromatic carbocycles. The van der Waals surface area contributed by atoms with Gasteiger partial charge < -0.3 is 10.2 Å². The average Bonchev–Trinajstić information content (AvgIpc) is 2.98. The summed E-state index contributed by atoms with van der Waals surface area (Å²) in [5.74, 6) is -0.206. The van der Waals surface area contributed by atoms with E-state index in [0.717, 1.165) is 23.5 Å². The number of benzene rings is 2. The van der Waals surface area contributed by atoms with Crippen LogP contribution >= 0.6 is 0 Å². The molecule has 0 saturated carbocycles. The molecule has 3 rings (SSSR count). The Kier molecular flexibility index (Phi) is 5.89. The predicted octanol–water partition coefficient (Wildman–Crippen LogP) is 3.88. The second-order valence-electron chi connectivity index (χ2n) is 7.84. The molecule has 1 unspecified atom stereocenters. The molecule has 0 bridgehead atoms. The molecule has 7 heteroatoms. The first kappa shape index (κ1) is 21.2. The molecule has 6 nitrogen and oxygen atoms in total. The van der Waals surface area contributed by atoms with Crippen molar-refractivity contribution in [3.8, 4) is 0 Å². The minimum Gasteiger partial charge on any atom is -0.369 e. The van der Waals surface area contributed by atoms with Crippen molar-refractivity contribution in [1.29, 1.82) is 0 Å². The molecule has 0 aromatic heterocycles. The maximum absolute atomic E-state index is 12.7. The highest BCUT2D eigenvalue weighted by molar-refractivity contribution is 7.92. The van der Waals surface area contributed by atoms with E-state index in [4.69, 9.17) is 0 Å². The van der Waals surface area contributed by atoms with Crippen LogP contribution in [0.3, 0.4) is 0 Å². The summed E-state index contributed by atoms with van der Waals surface area (Å²) >= 11 is 0. The van der Waals surface area contributed by atoms with E-state index in [1.807, 2.05) is 31.2 Å². The molecule has 29 heavy (non-hydrogen) atoms. The van der Waals surface area contributed by atoms with Crippen molar-refractivity contribution in [1.82, 2.24) is 0 Å². The van der Waals surface area contributed by atoms with Crippen LogP contribution in [0, 0.1) is 0 Å². The van der Waals surface area contributed by atoms with Crippen molar-refractivity contribution < 1.29 is 13.2 Å². The lowest BCUT2D eigenvalue weighted by Gasteiger charge is -2.27. The van der Waals surface area contributed by atoms with Gasteiger partial charge in [0.25, 0.3) is 5.91 Å². The van der Waals surface area contributed by atoms with Gasteiger partial charge in [0.15, 0.2) is 0 Å². The van der Waals surface area contributed by atoms with E-state index in [2.05, 4.69) is 31.0 Å². The Bertz CT molecular complexity index is 1000. The van der Waals surface area contributed by atoms with E-state index in [1.165, 1.54) is 10.6 Å². The van der Waals surface area contributed by atoms with Gasteiger partial charge in [0, 0.05) is 35.6 Å². The van der Waals surface area contributed by atoms with E-state index >= 15 is 0 Å². The zero-order valence-corrected chi connectivity index (χ0v) is 18.5. The van der Waals surface area contributed by atoms with Gasteiger partial charge in [0.05, 0.1) is 11.9 Å². The Labute approximate surface area is 173 Å². The monoisotopic (exact) mass is 415 g/mol. The van der Waals surface area contributed by atoms with Crippen molar-refractivity contribution in [2.75, 3.05) is 27.3 Å². The summed E-state index contributed by atoms with van der Waals surface area (Å²) in [6.07, 6.45) is 1.81. The average molecular weight is 416 g/mol. The third-order valence-electron chi connectivity index (χ3n) is 5.27. The van der Waals surface area contributed by atoms with Gasteiger partial charge in [-0.1, -0.05) is 0 Å². The Hall–Kier alpha value is -2.54. The van der Waals surface area contributed by atoms with Gasteiger partial charge in [-0.15, -0.1) is 0 Å². The summed E-state index contributed by atoms with van der Waals surface area (Å²) in [6, 6.07) is 13.3. The highest BCUT2D eigenvalue weighted by Crippen LogP contribution is 2.34. The third kappa shape index (κ3) is 4.40. The summed E-state index contributed by atoms with van der Waals surface area (Å²) in [7, 11) is -3.34. The van der Waals surface area contributed by atoms with E-state index < -0.39 is 10.0 Å². The van der Waals surface area contributed by atoms with Crippen LogP contribution in [0.1, 0.15) is 43.6 Å². The molecule has 0 saturated heterocycles. The molecule has 156 valence electrons. The zero-order valence-electron chi connectivity index (χ0n) is 17.6. The van der Waals surface area contributed by atoms with Crippen molar-refractivity contribution in [2.45, 2.75) is 46.2 Å². The fraction of sp³-hybridized carbons (Fsp3) is 0.409. The van der Waals surface area contributed by atoms with Crippen LogP contribution < -0.4 is 14.5 Å². The summed E-state index contributed by atoms with van der Waals surface area (Å²) < 4.78 is 25.5. The zero-order chi connectivity index (χ0) is 21.3. The maximum Gasteiger partial charge on any atom is 0.255 e. The fourth-order valence-corrected chi connectivity index (χ4v) is 5.30. The number of carbonyl (C=O) groups excluding carboxylic acids is 1. The highest BCUT2D eigenvalue weighted by atomic mass is 32.2. The second-order valence-corrected chi connectivity index (χ2v) is 9.70. The van der Waals surface area contributed by atoms with Gasteiger partial charge in [-0.2, -0.15) is 0 Å². The van der Waals surface area contributed by atoms with E-state index in [0.29, 0.717) is 23.7 Å². The number of hydrogen-bond acceptors (Lipinski definition) is 4. The van der Waals surface area contributed by atoms with Crippen LogP contribution in [-0.2, 0) is 16.4 Å². The summed E-state index contributed by atoms with van der Waals surface area (Å²) in [4.78, 5) is 15.0. The molecule has 1 N–H and O–H groups in total. The smallest absolute Gasteiger partial charge is 0.255 e. The molecule has 2 aromatic rings.